The zero-order valence-electron chi connectivity index (χ0n) is 14.9. The molecule has 0 fully saturated rings. The molecule has 4 nitrogen and oxygen atoms in total. The van der Waals surface area contributed by atoms with E-state index in [1.807, 2.05) is 30.3 Å². The van der Waals surface area contributed by atoms with Crippen LogP contribution in [-0.2, 0) is 19.3 Å². The number of hydrogen-bond acceptors (Lipinski definition) is 2. The number of nitrogens with zero attached hydrogens (tertiary/aromatic N) is 3. The van der Waals surface area contributed by atoms with Crippen molar-refractivity contribution < 1.29 is 4.39 Å². The molecule has 0 saturated carbocycles. The molecule has 4 aromatic rings. The molecule has 138 valence electrons. The predicted molar refractivity (Wildman–Crippen MR) is 108 cm³/mol. The number of fused-ring (bicyclic) bond motifs is 1. The molecule has 28 heavy (non-hydrogen) atoms. The van der Waals surface area contributed by atoms with Gasteiger partial charge in [-0.3, -0.25) is 4.98 Å². The third-order valence-corrected chi connectivity index (χ3v) is 4.93. The fraction of sp³-hybridized carbons (Fsp3) is 0.136. The highest BCUT2D eigenvalue weighted by Gasteiger charge is 2.11. The van der Waals surface area contributed by atoms with Gasteiger partial charge in [-0.25, -0.2) is 9.83 Å². The van der Waals surface area contributed by atoms with E-state index in [1.54, 1.807) is 18.3 Å². The summed E-state index contributed by atoms with van der Waals surface area (Å²) in [6.07, 6.45) is 5.15. The van der Waals surface area contributed by atoms with E-state index in [9.17, 15) is 4.39 Å². The van der Waals surface area contributed by atoms with Crippen LogP contribution >= 0.6 is 11.6 Å². The van der Waals surface area contributed by atoms with Crippen molar-refractivity contribution in [3.8, 4) is 0 Å². The second kappa shape index (κ2) is 7.79. The number of H-pyrrole nitrogens is 1. The summed E-state index contributed by atoms with van der Waals surface area (Å²) >= 11 is 5.90. The summed E-state index contributed by atoms with van der Waals surface area (Å²) in [4.78, 5) is 14.8. The topological polar surface area (TPSA) is 45.9 Å². The van der Waals surface area contributed by atoms with E-state index >= 15 is 0 Å². The molecular weight excluding hydrogens is 375 g/mol. The van der Waals surface area contributed by atoms with Crippen LogP contribution in [0.15, 0.2) is 54.9 Å². The Balaban J connectivity index is 1.50. The Bertz CT molecular complexity index is 1180. The molecule has 0 amide bonds. The molecule has 1 aromatic carbocycles. The summed E-state index contributed by atoms with van der Waals surface area (Å²) in [6, 6.07) is 13.1. The lowest BCUT2D eigenvalue weighted by Crippen LogP contribution is -2.01. The third kappa shape index (κ3) is 3.88. The van der Waals surface area contributed by atoms with Gasteiger partial charge in [0.1, 0.15) is 5.65 Å². The standard InChI is InChI=1S/C22H16ClFN4/c1-25-19-11-20-16(12-26-22(20)27-13-19)10-15-5-9-18(28-21(15)24)8-4-14-2-6-17(23)7-3-14/h2-3,5-7,9,11-13H,4,8,10H2,(H,26,27). The zero-order valence-corrected chi connectivity index (χ0v) is 15.7. The van der Waals surface area contributed by atoms with Gasteiger partial charge < -0.3 is 4.98 Å². The quantitative estimate of drug-likeness (QED) is 0.352. The Morgan fingerprint density at radius 1 is 1.07 bits per heavy atom. The Hall–Kier alpha value is -3.23. The van der Waals surface area contributed by atoms with E-state index in [-0.39, 0.29) is 0 Å². The molecule has 0 atom stereocenters. The molecule has 3 heterocycles. The van der Waals surface area contributed by atoms with Gasteiger partial charge in [-0.05, 0) is 48.2 Å². The highest BCUT2D eigenvalue weighted by atomic mass is 35.5. The maximum absolute atomic E-state index is 14.6. The van der Waals surface area contributed by atoms with E-state index in [2.05, 4.69) is 19.8 Å². The van der Waals surface area contributed by atoms with Crippen LogP contribution < -0.4 is 0 Å². The molecule has 0 saturated heterocycles. The first kappa shape index (κ1) is 18.1. The molecule has 1 N–H and O–H groups in total. The number of nitrogens with one attached hydrogen (secondary N) is 1. The molecule has 0 aliphatic carbocycles. The Morgan fingerprint density at radius 2 is 1.89 bits per heavy atom. The fourth-order valence-corrected chi connectivity index (χ4v) is 3.28. The van der Waals surface area contributed by atoms with Crippen molar-refractivity contribution in [2.24, 2.45) is 0 Å². The second-order valence-corrected chi connectivity index (χ2v) is 7.01. The summed E-state index contributed by atoms with van der Waals surface area (Å²) in [7, 11) is 0. The van der Waals surface area contributed by atoms with Gasteiger partial charge in [-0.1, -0.05) is 29.8 Å². The first-order chi connectivity index (χ1) is 13.6. The fourth-order valence-electron chi connectivity index (χ4n) is 3.15. The number of pyridine rings is 2. The molecule has 0 bridgehead atoms. The van der Waals surface area contributed by atoms with Crippen LogP contribution in [0.1, 0.15) is 22.4 Å². The first-order valence-corrected chi connectivity index (χ1v) is 9.22. The molecule has 4 rings (SSSR count). The van der Waals surface area contributed by atoms with Crippen LogP contribution in [0.25, 0.3) is 15.9 Å². The van der Waals surface area contributed by atoms with Gasteiger partial charge in [0, 0.05) is 40.5 Å². The predicted octanol–water partition coefficient (Wildman–Crippen LogP) is 5.68. The first-order valence-electron chi connectivity index (χ1n) is 8.84. The minimum Gasteiger partial charge on any atom is -0.346 e. The molecular formula is C22H16ClFN4. The normalized spacial score (nSPS) is 10.9. The van der Waals surface area contributed by atoms with Crippen LogP contribution in [-0.4, -0.2) is 15.0 Å². The molecule has 0 radical (unpaired) electrons. The number of benzene rings is 1. The summed E-state index contributed by atoms with van der Waals surface area (Å²) < 4.78 is 14.6. The van der Waals surface area contributed by atoms with Crippen LogP contribution in [0.3, 0.4) is 0 Å². The average molecular weight is 391 g/mol. The monoisotopic (exact) mass is 390 g/mol. The maximum Gasteiger partial charge on any atom is 0.216 e. The molecule has 0 aliphatic heterocycles. The van der Waals surface area contributed by atoms with Crippen molar-refractivity contribution >= 4 is 28.3 Å². The lowest BCUT2D eigenvalue weighted by Gasteiger charge is -2.06. The third-order valence-electron chi connectivity index (χ3n) is 4.68. The number of hydrogen-bond donors (Lipinski definition) is 1. The number of rotatable bonds is 5. The van der Waals surface area contributed by atoms with Crippen LogP contribution in [0.5, 0.6) is 0 Å². The van der Waals surface area contributed by atoms with Gasteiger partial charge in [0.05, 0.1) is 6.57 Å². The molecule has 0 aliphatic rings. The molecule has 6 heteroatoms. The average Bonchev–Trinajstić information content (AvgIpc) is 3.11. The van der Waals surface area contributed by atoms with Gasteiger partial charge in [-0.2, -0.15) is 4.39 Å². The highest BCUT2D eigenvalue weighted by Crippen LogP contribution is 2.24. The lowest BCUT2D eigenvalue weighted by molar-refractivity contribution is 0.563. The largest absolute Gasteiger partial charge is 0.346 e. The summed E-state index contributed by atoms with van der Waals surface area (Å²) in [6.45, 7) is 7.13. The van der Waals surface area contributed by atoms with Gasteiger partial charge in [0.2, 0.25) is 11.6 Å². The van der Waals surface area contributed by atoms with Crippen LogP contribution in [0.2, 0.25) is 5.02 Å². The van der Waals surface area contributed by atoms with Gasteiger partial charge >= 0.3 is 0 Å². The Morgan fingerprint density at radius 3 is 2.64 bits per heavy atom. The van der Waals surface area contributed by atoms with E-state index in [0.717, 1.165) is 22.9 Å². The minimum atomic E-state index is -0.461. The van der Waals surface area contributed by atoms with Gasteiger partial charge in [-0.15, -0.1) is 0 Å². The van der Waals surface area contributed by atoms with E-state index < -0.39 is 5.95 Å². The summed E-state index contributed by atoms with van der Waals surface area (Å²) in [5, 5.41) is 1.54. The summed E-state index contributed by atoms with van der Waals surface area (Å²) in [5.74, 6) is -0.461. The highest BCUT2D eigenvalue weighted by molar-refractivity contribution is 6.30. The SMILES string of the molecule is [C-]#[N+]c1cnc2[nH]cc(Cc3ccc(CCc4ccc(Cl)cc4)nc3F)c2c1. The zero-order chi connectivity index (χ0) is 19.5. The molecule has 0 unspecified atom stereocenters. The van der Waals surface area contributed by atoms with Gasteiger partial charge in [0.15, 0.2) is 0 Å². The van der Waals surface area contributed by atoms with E-state index in [0.29, 0.717) is 40.5 Å². The van der Waals surface area contributed by atoms with Crippen LogP contribution in [0.4, 0.5) is 10.1 Å². The summed E-state index contributed by atoms with van der Waals surface area (Å²) in [5.41, 5.74) is 4.41. The number of aromatic nitrogens is 3. The smallest absolute Gasteiger partial charge is 0.216 e. The van der Waals surface area contributed by atoms with Crippen molar-refractivity contribution in [3.05, 3.63) is 99.6 Å². The number of halogens is 2. The Labute approximate surface area is 166 Å². The van der Waals surface area contributed by atoms with Crippen molar-refractivity contribution in [1.29, 1.82) is 0 Å². The number of aromatic amines is 1. The molecule has 3 aromatic heterocycles. The van der Waals surface area contributed by atoms with Crippen molar-refractivity contribution in [2.45, 2.75) is 19.3 Å². The minimum absolute atomic E-state index is 0.388. The second-order valence-electron chi connectivity index (χ2n) is 6.57. The number of aryl methyl sites for hydroxylation is 2. The Kier molecular flexibility index (Phi) is 5.05. The van der Waals surface area contributed by atoms with Crippen molar-refractivity contribution in [2.75, 3.05) is 0 Å². The maximum atomic E-state index is 14.6. The van der Waals surface area contributed by atoms with Gasteiger partial charge in [0.25, 0.3) is 0 Å². The van der Waals surface area contributed by atoms with E-state index in [1.165, 1.54) is 6.20 Å². The molecule has 0 spiro atoms. The van der Waals surface area contributed by atoms with Crippen LogP contribution in [0, 0.1) is 12.5 Å². The van der Waals surface area contributed by atoms with Crippen molar-refractivity contribution in [1.82, 2.24) is 15.0 Å². The van der Waals surface area contributed by atoms with E-state index in [4.69, 9.17) is 18.2 Å². The lowest BCUT2D eigenvalue weighted by atomic mass is 10.0. The van der Waals surface area contributed by atoms with Crippen molar-refractivity contribution in [3.63, 3.8) is 0 Å².